The number of hydrogen-bond acceptors (Lipinski definition) is 2. The number of halogens is 3. The van der Waals surface area contributed by atoms with Crippen molar-refractivity contribution in [1.82, 2.24) is 4.72 Å². The monoisotopic (exact) mass is 356 g/mol. The second kappa shape index (κ2) is 5.78. The molecule has 2 aromatic rings. The van der Waals surface area contributed by atoms with Gasteiger partial charge in [0.05, 0.1) is 10.5 Å². The van der Waals surface area contributed by atoms with Crippen molar-refractivity contribution in [2.45, 2.75) is 30.0 Å². The number of rotatable bonds is 3. The van der Waals surface area contributed by atoms with Gasteiger partial charge in [-0.2, -0.15) is 13.2 Å². The zero-order chi connectivity index (χ0) is 17.5. The lowest BCUT2D eigenvalue weighted by molar-refractivity contribution is -0.139. The molecule has 1 atom stereocenters. The number of fused-ring (bicyclic) bond motifs is 1. The summed E-state index contributed by atoms with van der Waals surface area (Å²) in [7, 11) is -4.33. The molecule has 0 saturated carbocycles. The molecule has 0 saturated heterocycles. The number of hydrogen-bond donors (Lipinski definition) is 1. The highest BCUT2D eigenvalue weighted by Gasteiger charge is 2.38. The van der Waals surface area contributed by atoms with Crippen LogP contribution in [0.25, 0.3) is 0 Å². The number of benzene rings is 2. The molecule has 3 rings (SSSR count). The van der Waals surface area contributed by atoms with Crippen LogP contribution in [0.5, 0.6) is 5.75 Å². The van der Waals surface area contributed by atoms with E-state index in [9.17, 15) is 26.7 Å². The summed E-state index contributed by atoms with van der Waals surface area (Å²) in [6, 6.07) is 7.91. The zero-order valence-corrected chi connectivity index (χ0v) is 13.1. The van der Waals surface area contributed by atoms with Crippen LogP contribution in [0.4, 0.5) is 13.2 Å². The van der Waals surface area contributed by atoms with E-state index in [1.807, 2.05) is 0 Å². The minimum atomic E-state index is -4.76. The van der Waals surface area contributed by atoms with Gasteiger partial charge in [-0.1, -0.05) is 18.2 Å². The lowest BCUT2D eigenvalue weighted by Crippen LogP contribution is -2.36. The zero-order valence-electron chi connectivity index (χ0n) is 12.3. The SMILES string of the molecule is [O]c1ccc2c(c1)CC(NS(=O)(=O)c1ccccc1C(F)(F)F)C2. The maximum absolute atomic E-state index is 13.0. The molecule has 0 aromatic heterocycles. The van der Waals surface area contributed by atoms with Crippen molar-refractivity contribution in [3.8, 4) is 5.75 Å². The molecule has 1 unspecified atom stereocenters. The molecule has 1 N–H and O–H groups in total. The predicted molar refractivity (Wildman–Crippen MR) is 79.5 cm³/mol. The van der Waals surface area contributed by atoms with Crippen LogP contribution in [0.2, 0.25) is 0 Å². The first kappa shape index (κ1) is 16.8. The molecule has 24 heavy (non-hydrogen) atoms. The summed E-state index contributed by atoms with van der Waals surface area (Å²) >= 11 is 0. The molecule has 8 heteroatoms. The lowest BCUT2D eigenvalue weighted by Gasteiger charge is -2.16. The van der Waals surface area contributed by atoms with Gasteiger partial charge in [-0.3, -0.25) is 5.11 Å². The number of nitrogens with one attached hydrogen (secondary N) is 1. The molecular weight excluding hydrogens is 343 g/mol. The van der Waals surface area contributed by atoms with Gasteiger partial charge < -0.3 is 0 Å². The quantitative estimate of drug-likeness (QED) is 0.917. The van der Waals surface area contributed by atoms with Gasteiger partial charge >= 0.3 is 6.18 Å². The average Bonchev–Trinajstić information content (AvgIpc) is 2.87. The fraction of sp³-hybridized carbons (Fsp3) is 0.250. The van der Waals surface area contributed by atoms with Gasteiger partial charge in [0.15, 0.2) is 5.75 Å². The van der Waals surface area contributed by atoms with Crippen molar-refractivity contribution < 1.29 is 26.7 Å². The van der Waals surface area contributed by atoms with Crippen molar-refractivity contribution >= 4 is 10.0 Å². The first-order valence-corrected chi connectivity index (χ1v) is 8.62. The summed E-state index contributed by atoms with van der Waals surface area (Å²) in [4.78, 5) is -0.794. The Morgan fingerprint density at radius 3 is 2.38 bits per heavy atom. The van der Waals surface area contributed by atoms with Crippen molar-refractivity contribution in [1.29, 1.82) is 0 Å². The van der Waals surface area contributed by atoms with E-state index in [1.54, 1.807) is 6.07 Å². The topological polar surface area (TPSA) is 66.1 Å². The van der Waals surface area contributed by atoms with E-state index in [4.69, 9.17) is 0 Å². The molecular formula is C16H13F3NO3S. The van der Waals surface area contributed by atoms with E-state index >= 15 is 0 Å². The normalized spacial score (nSPS) is 17.7. The van der Waals surface area contributed by atoms with Crippen LogP contribution in [0.1, 0.15) is 16.7 Å². The number of alkyl halides is 3. The van der Waals surface area contributed by atoms with E-state index in [1.165, 1.54) is 18.2 Å². The summed E-state index contributed by atoms with van der Waals surface area (Å²) in [5, 5.41) is 11.3. The molecule has 1 radical (unpaired) electrons. The molecule has 0 fully saturated rings. The molecule has 1 aliphatic rings. The molecule has 0 heterocycles. The highest BCUT2D eigenvalue weighted by molar-refractivity contribution is 7.89. The summed E-state index contributed by atoms with van der Waals surface area (Å²) in [5.74, 6) is -0.181. The largest absolute Gasteiger partial charge is 0.417 e. The molecule has 0 aliphatic heterocycles. The van der Waals surface area contributed by atoms with E-state index < -0.39 is 32.7 Å². The van der Waals surface area contributed by atoms with Crippen molar-refractivity contribution in [3.05, 3.63) is 59.2 Å². The van der Waals surface area contributed by atoms with Gasteiger partial charge in [0.1, 0.15) is 0 Å². The predicted octanol–water partition coefficient (Wildman–Crippen LogP) is 3.29. The Kier molecular flexibility index (Phi) is 4.05. The summed E-state index contributed by atoms with van der Waals surface area (Å²) in [6.45, 7) is 0. The molecule has 0 amide bonds. The van der Waals surface area contributed by atoms with E-state index in [2.05, 4.69) is 4.72 Å². The van der Waals surface area contributed by atoms with Gasteiger partial charge in [0.2, 0.25) is 10.0 Å². The third-order valence-corrected chi connectivity index (χ3v) is 5.49. The van der Waals surface area contributed by atoms with Crippen LogP contribution in [0, 0.1) is 0 Å². The molecule has 0 bridgehead atoms. The third-order valence-electron chi connectivity index (χ3n) is 3.91. The van der Waals surface area contributed by atoms with Crippen LogP contribution in [0.3, 0.4) is 0 Å². The Morgan fingerprint density at radius 2 is 1.67 bits per heavy atom. The Morgan fingerprint density at radius 1 is 1.00 bits per heavy atom. The van der Waals surface area contributed by atoms with Crippen LogP contribution < -0.4 is 4.72 Å². The Labute approximate surface area is 137 Å². The van der Waals surface area contributed by atoms with Crippen molar-refractivity contribution in [2.24, 2.45) is 0 Å². The van der Waals surface area contributed by atoms with Gasteiger partial charge in [-0.25, -0.2) is 13.1 Å². The van der Waals surface area contributed by atoms with Crippen LogP contribution in [-0.4, -0.2) is 14.5 Å². The molecule has 4 nitrogen and oxygen atoms in total. The smallest absolute Gasteiger partial charge is 0.290 e. The third kappa shape index (κ3) is 3.25. The highest BCUT2D eigenvalue weighted by atomic mass is 32.2. The summed E-state index contributed by atoms with van der Waals surface area (Å²) in [6.07, 6.45) is -4.15. The first-order valence-electron chi connectivity index (χ1n) is 7.14. The first-order chi connectivity index (χ1) is 11.2. The van der Waals surface area contributed by atoms with Gasteiger partial charge in [0, 0.05) is 6.04 Å². The van der Waals surface area contributed by atoms with Crippen LogP contribution >= 0.6 is 0 Å². The Bertz CT molecular complexity index is 878. The highest BCUT2D eigenvalue weighted by Crippen LogP contribution is 2.34. The fourth-order valence-electron chi connectivity index (χ4n) is 2.90. The maximum atomic E-state index is 13.0. The molecule has 127 valence electrons. The van der Waals surface area contributed by atoms with Crippen molar-refractivity contribution in [2.75, 3.05) is 0 Å². The van der Waals surface area contributed by atoms with E-state index in [0.29, 0.717) is 6.42 Å². The summed E-state index contributed by atoms with van der Waals surface area (Å²) in [5.41, 5.74) is 0.348. The Hall–Kier alpha value is -2.06. The lowest BCUT2D eigenvalue weighted by atomic mass is 10.1. The van der Waals surface area contributed by atoms with Crippen molar-refractivity contribution in [3.63, 3.8) is 0 Å². The second-order valence-electron chi connectivity index (χ2n) is 5.65. The second-order valence-corrected chi connectivity index (χ2v) is 7.33. The van der Waals surface area contributed by atoms with Crippen LogP contribution in [-0.2, 0) is 34.1 Å². The average molecular weight is 356 g/mol. The summed E-state index contributed by atoms with van der Waals surface area (Å²) < 4.78 is 66.2. The minimum Gasteiger partial charge on any atom is -0.290 e. The van der Waals surface area contributed by atoms with E-state index in [0.717, 1.165) is 29.3 Å². The number of sulfonamides is 1. The fourth-order valence-corrected chi connectivity index (χ4v) is 4.36. The molecule has 1 aliphatic carbocycles. The molecule has 0 spiro atoms. The van der Waals surface area contributed by atoms with Gasteiger partial charge in [0.25, 0.3) is 0 Å². The van der Waals surface area contributed by atoms with Gasteiger partial charge in [-0.15, -0.1) is 0 Å². The maximum Gasteiger partial charge on any atom is 0.417 e. The molecule has 2 aromatic carbocycles. The van der Waals surface area contributed by atoms with Crippen LogP contribution in [0.15, 0.2) is 47.4 Å². The minimum absolute atomic E-state index is 0.181. The standard InChI is InChI=1S/C16H13F3NO3S/c17-16(18,19)14-3-1-2-4-15(14)24(22,23)20-12-7-10-5-6-13(21)9-11(10)8-12/h1-6,9,12,20H,7-8H2. The van der Waals surface area contributed by atoms with E-state index in [-0.39, 0.29) is 12.2 Å². The Balaban J connectivity index is 1.87. The van der Waals surface area contributed by atoms with Gasteiger partial charge in [-0.05, 0) is 48.2 Å².